The van der Waals surface area contributed by atoms with Crippen LogP contribution >= 0.6 is 11.6 Å². The molecule has 1 aliphatic carbocycles. The lowest BCUT2D eigenvalue weighted by Gasteiger charge is -2.13. The van der Waals surface area contributed by atoms with Crippen molar-refractivity contribution in [1.82, 2.24) is 5.32 Å². The van der Waals surface area contributed by atoms with Gasteiger partial charge < -0.3 is 10.6 Å². The van der Waals surface area contributed by atoms with Crippen molar-refractivity contribution in [3.8, 4) is 0 Å². The summed E-state index contributed by atoms with van der Waals surface area (Å²) in [4.78, 5) is 23.5. The van der Waals surface area contributed by atoms with E-state index in [0.717, 1.165) is 31.2 Å². The first kappa shape index (κ1) is 13.9. The summed E-state index contributed by atoms with van der Waals surface area (Å²) in [5, 5.41) is 5.90. The molecule has 2 amide bonds. The predicted molar refractivity (Wildman–Crippen MR) is 75.2 cm³/mol. The summed E-state index contributed by atoms with van der Waals surface area (Å²) in [5.74, 6) is -1.22. The molecular formula is C14H17ClN2O2. The minimum Gasteiger partial charge on any atom is -0.345 e. The van der Waals surface area contributed by atoms with Gasteiger partial charge in [-0.15, -0.1) is 0 Å². The van der Waals surface area contributed by atoms with Crippen molar-refractivity contribution < 1.29 is 9.59 Å². The van der Waals surface area contributed by atoms with Crippen LogP contribution in [0.5, 0.6) is 0 Å². The lowest BCUT2D eigenvalue weighted by molar-refractivity contribution is -0.136. The Kier molecular flexibility index (Phi) is 4.43. The fraction of sp³-hybridized carbons (Fsp3) is 0.429. The standard InChI is InChI=1S/C14H17ClN2O2/c1-9-11(15)7-4-8-12(9)17-14(19)13(18)16-10-5-2-3-6-10/h4,7-8,10H,2-3,5-6H2,1H3,(H,16,18)(H,17,19). The Morgan fingerprint density at radius 2 is 1.89 bits per heavy atom. The Balaban J connectivity index is 1.96. The van der Waals surface area contributed by atoms with E-state index in [9.17, 15) is 9.59 Å². The molecule has 1 aromatic rings. The highest BCUT2D eigenvalue weighted by Gasteiger charge is 2.21. The molecule has 1 fully saturated rings. The molecule has 0 spiro atoms. The molecule has 0 aromatic heterocycles. The average molecular weight is 281 g/mol. The van der Waals surface area contributed by atoms with Crippen LogP contribution in [-0.2, 0) is 9.59 Å². The minimum absolute atomic E-state index is 0.138. The van der Waals surface area contributed by atoms with Crippen LogP contribution in [0.2, 0.25) is 5.02 Å². The summed E-state index contributed by atoms with van der Waals surface area (Å²) >= 11 is 5.96. The smallest absolute Gasteiger partial charge is 0.313 e. The van der Waals surface area contributed by atoms with E-state index in [-0.39, 0.29) is 6.04 Å². The quantitative estimate of drug-likeness (QED) is 0.818. The van der Waals surface area contributed by atoms with Gasteiger partial charge in [0.25, 0.3) is 0 Å². The highest BCUT2D eigenvalue weighted by molar-refractivity contribution is 6.40. The molecule has 1 saturated carbocycles. The zero-order chi connectivity index (χ0) is 13.8. The second kappa shape index (κ2) is 6.06. The average Bonchev–Trinajstić information content (AvgIpc) is 2.87. The van der Waals surface area contributed by atoms with Crippen molar-refractivity contribution in [3.63, 3.8) is 0 Å². The molecule has 0 saturated heterocycles. The van der Waals surface area contributed by atoms with Crippen LogP contribution in [0.3, 0.4) is 0 Å². The van der Waals surface area contributed by atoms with E-state index in [1.54, 1.807) is 25.1 Å². The molecular weight excluding hydrogens is 264 g/mol. The van der Waals surface area contributed by atoms with Gasteiger partial charge in [-0.25, -0.2) is 0 Å². The van der Waals surface area contributed by atoms with Gasteiger partial charge in [0.05, 0.1) is 0 Å². The zero-order valence-electron chi connectivity index (χ0n) is 10.8. The molecule has 19 heavy (non-hydrogen) atoms. The van der Waals surface area contributed by atoms with Crippen LogP contribution in [0.15, 0.2) is 18.2 Å². The molecule has 0 heterocycles. The summed E-state index contributed by atoms with van der Waals surface area (Å²) in [5.41, 5.74) is 1.32. The number of benzene rings is 1. The zero-order valence-corrected chi connectivity index (χ0v) is 11.6. The Bertz CT molecular complexity index is 496. The maximum atomic E-state index is 11.8. The van der Waals surface area contributed by atoms with E-state index < -0.39 is 11.8 Å². The van der Waals surface area contributed by atoms with E-state index >= 15 is 0 Å². The van der Waals surface area contributed by atoms with Crippen LogP contribution in [0.4, 0.5) is 5.69 Å². The lowest BCUT2D eigenvalue weighted by atomic mass is 10.2. The van der Waals surface area contributed by atoms with Gasteiger partial charge in [-0.05, 0) is 37.5 Å². The normalized spacial score (nSPS) is 15.3. The van der Waals surface area contributed by atoms with Crippen LogP contribution in [0.1, 0.15) is 31.2 Å². The molecule has 5 heteroatoms. The van der Waals surface area contributed by atoms with Crippen molar-refractivity contribution in [3.05, 3.63) is 28.8 Å². The first-order chi connectivity index (χ1) is 9.08. The monoisotopic (exact) mass is 280 g/mol. The minimum atomic E-state index is -0.641. The Morgan fingerprint density at radius 3 is 2.58 bits per heavy atom. The van der Waals surface area contributed by atoms with Gasteiger partial charge in [-0.3, -0.25) is 9.59 Å². The first-order valence-corrected chi connectivity index (χ1v) is 6.82. The van der Waals surface area contributed by atoms with Gasteiger partial charge in [0.15, 0.2) is 0 Å². The fourth-order valence-corrected chi connectivity index (χ4v) is 2.42. The largest absolute Gasteiger partial charge is 0.345 e. The van der Waals surface area contributed by atoms with E-state index in [4.69, 9.17) is 11.6 Å². The molecule has 2 rings (SSSR count). The summed E-state index contributed by atoms with van der Waals surface area (Å²) < 4.78 is 0. The number of hydrogen-bond donors (Lipinski definition) is 2. The van der Waals surface area contributed by atoms with Gasteiger partial charge in [0, 0.05) is 16.8 Å². The summed E-state index contributed by atoms with van der Waals surface area (Å²) in [6.07, 6.45) is 4.13. The summed E-state index contributed by atoms with van der Waals surface area (Å²) in [7, 11) is 0. The molecule has 102 valence electrons. The third-order valence-electron chi connectivity index (χ3n) is 3.41. The molecule has 1 aromatic carbocycles. The van der Waals surface area contributed by atoms with Crippen LogP contribution < -0.4 is 10.6 Å². The number of carbonyl (C=O) groups excluding carboxylic acids is 2. The maximum absolute atomic E-state index is 11.8. The van der Waals surface area contributed by atoms with Crippen LogP contribution in [0.25, 0.3) is 0 Å². The van der Waals surface area contributed by atoms with Crippen molar-refractivity contribution in [2.45, 2.75) is 38.6 Å². The van der Waals surface area contributed by atoms with Crippen molar-refractivity contribution in [2.75, 3.05) is 5.32 Å². The highest BCUT2D eigenvalue weighted by atomic mass is 35.5. The molecule has 1 aliphatic rings. The Hall–Kier alpha value is -1.55. The number of anilines is 1. The highest BCUT2D eigenvalue weighted by Crippen LogP contribution is 2.23. The number of carbonyl (C=O) groups is 2. The number of amides is 2. The summed E-state index contributed by atoms with van der Waals surface area (Å²) in [6, 6.07) is 5.34. The predicted octanol–water partition coefficient (Wildman–Crippen LogP) is 2.65. The lowest BCUT2D eigenvalue weighted by Crippen LogP contribution is -2.40. The molecule has 4 nitrogen and oxygen atoms in total. The molecule has 0 atom stereocenters. The SMILES string of the molecule is Cc1c(Cl)cccc1NC(=O)C(=O)NC1CCCC1. The molecule has 0 bridgehead atoms. The number of hydrogen-bond acceptors (Lipinski definition) is 2. The fourth-order valence-electron chi connectivity index (χ4n) is 2.24. The maximum Gasteiger partial charge on any atom is 0.313 e. The molecule has 0 aliphatic heterocycles. The third-order valence-corrected chi connectivity index (χ3v) is 3.82. The van der Waals surface area contributed by atoms with Gasteiger partial charge >= 0.3 is 11.8 Å². The van der Waals surface area contributed by atoms with E-state index in [2.05, 4.69) is 10.6 Å². The van der Waals surface area contributed by atoms with Gasteiger partial charge in [0.1, 0.15) is 0 Å². The third kappa shape index (κ3) is 3.47. The van der Waals surface area contributed by atoms with Crippen molar-refractivity contribution in [1.29, 1.82) is 0 Å². The summed E-state index contributed by atoms with van der Waals surface area (Å²) in [6.45, 7) is 1.80. The van der Waals surface area contributed by atoms with E-state index in [1.165, 1.54) is 0 Å². The van der Waals surface area contributed by atoms with Crippen molar-refractivity contribution in [2.24, 2.45) is 0 Å². The molecule has 0 unspecified atom stereocenters. The number of nitrogens with one attached hydrogen (secondary N) is 2. The second-order valence-electron chi connectivity index (χ2n) is 4.82. The molecule has 2 N–H and O–H groups in total. The van der Waals surface area contributed by atoms with Crippen LogP contribution in [-0.4, -0.2) is 17.9 Å². The Labute approximate surface area is 117 Å². The van der Waals surface area contributed by atoms with E-state index in [0.29, 0.717) is 10.7 Å². The second-order valence-corrected chi connectivity index (χ2v) is 5.23. The van der Waals surface area contributed by atoms with Gasteiger partial charge in [0.2, 0.25) is 0 Å². The van der Waals surface area contributed by atoms with Gasteiger partial charge in [-0.1, -0.05) is 30.5 Å². The van der Waals surface area contributed by atoms with Crippen molar-refractivity contribution >= 4 is 29.1 Å². The van der Waals surface area contributed by atoms with Gasteiger partial charge in [-0.2, -0.15) is 0 Å². The first-order valence-electron chi connectivity index (χ1n) is 6.45. The topological polar surface area (TPSA) is 58.2 Å². The Morgan fingerprint density at radius 1 is 1.21 bits per heavy atom. The van der Waals surface area contributed by atoms with E-state index in [1.807, 2.05) is 0 Å². The number of rotatable bonds is 2. The van der Waals surface area contributed by atoms with Crippen LogP contribution in [0, 0.1) is 6.92 Å². The number of halogens is 1. The molecule has 0 radical (unpaired) electrons.